The molecule has 0 fully saturated rings. The number of aliphatic hydroxyl groups excluding tert-OH is 1. The van der Waals surface area contributed by atoms with Gasteiger partial charge in [-0.25, -0.2) is 4.39 Å². The van der Waals surface area contributed by atoms with Gasteiger partial charge in [0, 0.05) is 12.5 Å². The third-order valence-electron chi connectivity index (χ3n) is 1.60. The molecule has 1 N–H and O–H groups in total. The van der Waals surface area contributed by atoms with Crippen LogP contribution in [0.25, 0.3) is 0 Å². The Bertz CT molecular complexity index is 261. The maximum absolute atomic E-state index is 12.6. The molecule has 0 unspecified atom stereocenters. The van der Waals surface area contributed by atoms with E-state index < -0.39 is 0 Å². The van der Waals surface area contributed by atoms with Gasteiger partial charge in [-0.1, -0.05) is 6.07 Å². The Morgan fingerprint density at radius 3 is 2.92 bits per heavy atom. The summed E-state index contributed by atoms with van der Waals surface area (Å²) in [6.45, 7) is 2.09. The smallest absolute Gasteiger partial charge is 0.126 e. The first-order valence-corrected chi connectivity index (χ1v) is 4.25. The minimum absolute atomic E-state index is 0.311. The lowest BCUT2D eigenvalue weighted by Gasteiger charge is -2.07. The van der Waals surface area contributed by atoms with Crippen molar-refractivity contribution in [2.75, 3.05) is 6.61 Å². The molecule has 13 heavy (non-hydrogen) atoms. The van der Waals surface area contributed by atoms with Crippen LogP contribution in [0.2, 0.25) is 0 Å². The van der Waals surface area contributed by atoms with Gasteiger partial charge in [-0.15, -0.1) is 0 Å². The summed E-state index contributed by atoms with van der Waals surface area (Å²) in [5, 5.41) is 8.93. The molecule has 0 saturated heterocycles. The average Bonchev–Trinajstić information content (AvgIpc) is 2.03. The first-order chi connectivity index (χ1) is 6.18. The molecule has 0 aromatic heterocycles. The van der Waals surface area contributed by atoms with Gasteiger partial charge in [0.15, 0.2) is 0 Å². The van der Waals surface area contributed by atoms with E-state index in [-0.39, 0.29) is 11.9 Å². The molecule has 72 valence electrons. The van der Waals surface area contributed by atoms with E-state index in [0.717, 1.165) is 0 Å². The van der Waals surface area contributed by atoms with Crippen molar-refractivity contribution in [2.45, 2.75) is 19.4 Å². The third-order valence-corrected chi connectivity index (χ3v) is 1.60. The quantitative estimate of drug-likeness (QED) is 0.775. The Labute approximate surface area is 77.0 Å². The van der Waals surface area contributed by atoms with Crippen molar-refractivity contribution < 1.29 is 14.2 Å². The molecular weight excluding hydrogens is 171 g/mol. The molecule has 1 atom stereocenters. The van der Waals surface area contributed by atoms with E-state index >= 15 is 0 Å². The normalized spacial score (nSPS) is 12.5. The van der Waals surface area contributed by atoms with E-state index in [9.17, 15) is 4.39 Å². The van der Waals surface area contributed by atoms with Gasteiger partial charge in [0.1, 0.15) is 11.6 Å². The monoisotopic (exact) mass is 184 g/mol. The lowest BCUT2D eigenvalue weighted by atomic mass is 10.3. The SMILES string of the molecule is C[C@@H](O)CCOc1cccc(F)c1. The molecule has 0 aliphatic carbocycles. The van der Waals surface area contributed by atoms with E-state index in [1.807, 2.05) is 0 Å². The van der Waals surface area contributed by atoms with Crippen LogP contribution in [-0.4, -0.2) is 17.8 Å². The summed E-state index contributed by atoms with van der Waals surface area (Å²) < 4.78 is 17.8. The molecule has 0 aliphatic heterocycles. The number of halogens is 1. The number of aliphatic hydroxyl groups is 1. The van der Waals surface area contributed by atoms with Gasteiger partial charge >= 0.3 is 0 Å². The highest BCUT2D eigenvalue weighted by Gasteiger charge is 1.98. The predicted molar refractivity (Wildman–Crippen MR) is 48.2 cm³/mol. The highest BCUT2D eigenvalue weighted by molar-refractivity contribution is 5.22. The Kier molecular flexibility index (Phi) is 3.71. The predicted octanol–water partition coefficient (Wildman–Crippen LogP) is 1.98. The van der Waals surface area contributed by atoms with E-state index in [1.54, 1.807) is 19.1 Å². The van der Waals surface area contributed by atoms with Gasteiger partial charge in [-0.2, -0.15) is 0 Å². The van der Waals surface area contributed by atoms with Gasteiger partial charge < -0.3 is 9.84 Å². The van der Waals surface area contributed by atoms with E-state index in [4.69, 9.17) is 9.84 Å². The molecule has 1 aromatic carbocycles. The van der Waals surface area contributed by atoms with Gasteiger partial charge in [0.25, 0.3) is 0 Å². The van der Waals surface area contributed by atoms with Crippen molar-refractivity contribution in [2.24, 2.45) is 0 Å². The van der Waals surface area contributed by atoms with E-state index in [1.165, 1.54) is 12.1 Å². The van der Waals surface area contributed by atoms with Crippen molar-refractivity contribution in [1.29, 1.82) is 0 Å². The van der Waals surface area contributed by atoms with Gasteiger partial charge in [-0.3, -0.25) is 0 Å². The summed E-state index contributed by atoms with van der Waals surface area (Å²) in [7, 11) is 0. The van der Waals surface area contributed by atoms with Gasteiger partial charge in [0.2, 0.25) is 0 Å². The van der Waals surface area contributed by atoms with Crippen LogP contribution in [0.1, 0.15) is 13.3 Å². The van der Waals surface area contributed by atoms with Crippen molar-refractivity contribution >= 4 is 0 Å². The fourth-order valence-corrected chi connectivity index (χ4v) is 0.904. The summed E-state index contributed by atoms with van der Waals surface area (Å²) in [6.07, 6.45) is 0.171. The zero-order valence-electron chi connectivity index (χ0n) is 7.53. The third kappa shape index (κ3) is 3.90. The van der Waals surface area contributed by atoms with Crippen LogP contribution in [0.15, 0.2) is 24.3 Å². The number of ether oxygens (including phenoxy) is 1. The Morgan fingerprint density at radius 1 is 1.54 bits per heavy atom. The highest BCUT2D eigenvalue weighted by atomic mass is 19.1. The maximum Gasteiger partial charge on any atom is 0.126 e. The summed E-state index contributed by atoms with van der Waals surface area (Å²) >= 11 is 0. The molecule has 0 heterocycles. The van der Waals surface area contributed by atoms with Crippen molar-refractivity contribution in [1.82, 2.24) is 0 Å². The fraction of sp³-hybridized carbons (Fsp3) is 0.400. The number of rotatable bonds is 4. The largest absolute Gasteiger partial charge is 0.493 e. The van der Waals surface area contributed by atoms with Crippen LogP contribution in [-0.2, 0) is 0 Å². The zero-order valence-corrected chi connectivity index (χ0v) is 7.53. The van der Waals surface area contributed by atoms with Crippen LogP contribution in [0.4, 0.5) is 4.39 Å². The molecule has 0 bridgehead atoms. The summed E-state index contributed by atoms with van der Waals surface area (Å²) in [5.41, 5.74) is 0. The van der Waals surface area contributed by atoms with Gasteiger partial charge in [0.05, 0.1) is 12.7 Å². The van der Waals surface area contributed by atoms with E-state index in [0.29, 0.717) is 18.8 Å². The summed E-state index contributed by atoms with van der Waals surface area (Å²) in [6, 6.07) is 5.96. The molecule has 0 aliphatic rings. The van der Waals surface area contributed by atoms with Crippen LogP contribution < -0.4 is 4.74 Å². The average molecular weight is 184 g/mol. The molecule has 0 saturated carbocycles. The second kappa shape index (κ2) is 4.82. The van der Waals surface area contributed by atoms with Crippen molar-refractivity contribution in [3.05, 3.63) is 30.1 Å². The van der Waals surface area contributed by atoms with Crippen LogP contribution in [0, 0.1) is 5.82 Å². The standard InChI is InChI=1S/C10H13FO2/c1-8(12)5-6-13-10-4-2-3-9(11)7-10/h2-4,7-8,12H,5-6H2,1H3/t8-/m1/s1. The van der Waals surface area contributed by atoms with Crippen molar-refractivity contribution in [3.63, 3.8) is 0 Å². The zero-order chi connectivity index (χ0) is 9.68. The summed E-state index contributed by atoms with van der Waals surface area (Å²) in [5.74, 6) is 0.190. The van der Waals surface area contributed by atoms with E-state index in [2.05, 4.69) is 0 Å². The Balaban J connectivity index is 2.37. The second-order valence-corrected chi connectivity index (χ2v) is 2.94. The Morgan fingerprint density at radius 2 is 2.31 bits per heavy atom. The number of hydrogen-bond acceptors (Lipinski definition) is 2. The first kappa shape index (κ1) is 9.99. The summed E-state index contributed by atoms with van der Waals surface area (Å²) in [4.78, 5) is 0. The molecule has 2 nitrogen and oxygen atoms in total. The molecular formula is C10H13FO2. The van der Waals surface area contributed by atoms with Crippen LogP contribution in [0.5, 0.6) is 5.75 Å². The lowest BCUT2D eigenvalue weighted by molar-refractivity contribution is 0.155. The second-order valence-electron chi connectivity index (χ2n) is 2.94. The minimum atomic E-state index is -0.381. The number of hydrogen-bond donors (Lipinski definition) is 1. The topological polar surface area (TPSA) is 29.5 Å². The lowest BCUT2D eigenvalue weighted by Crippen LogP contribution is -2.07. The molecule has 3 heteroatoms. The van der Waals surface area contributed by atoms with Crippen LogP contribution >= 0.6 is 0 Å². The molecule has 1 aromatic rings. The minimum Gasteiger partial charge on any atom is -0.493 e. The highest BCUT2D eigenvalue weighted by Crippen LogP contribution is 2.12. The molecule has 1 rings (SSSR count). The molecule has 0 amide bonds. The number of benzene rings is 1. The maximum atomic E-state index is 12.6. The fourth-order valence-electron chi connectivity index (χ4n) is 0.904. The molecule has 0 spiro atoms. The Hall–Kier alpha value is -1.09. The van der Waals surface area contributed by atoms with Crippen LogP contribution in [0.3, 0.4) is 0 Å². The molecule has 0 radical (unpaired) electrons. The van der Waals surface area contributed by atoms with Crippen molar-refractivity contribution in [3.8, 4) is 5.75 Å². The first-order valence-electron chi connectivity index (χ1n) is 4.25. The van der Waals surface area contributed by atoms with Gasteiger partial charge in [-0.05, 0) is 19.1 Å².